The van der Waals surface area contributed by atoms with E-state index in [0.29, 0.717) is 31.2 Å². The number of phenolic OH excluding ortho intramolecular Hbond substituents is 1. The molecule has 63 heavy (non-hydrogen) atoms. The normalized spacial score (nSPS) is 41.0. The number of aliphatic hydroxyl groups is 3. The van der Waals surface area contributed by atoms with Crippen LogP contribution in [0.3, 0.4) is 0 Å². The van der Waals surface area contributed by atoms with Gasteiger partial charge in [0, 0.05) is 23.5 Å². The van der Waals surface area contributed by atoms with Crippen molar-refractivity contribution in [1.29, 1.82) is 0 Å². The number of aliphatic hydroxyl groups excluding tert-OH is 3. The summed E-state index contributed by atoms with van der Waals surface area (Å²) in [6.07, 6.45) is 2.19. The Kier molecular flexibility index (Phi) is 12.2. The van der Waals surface area contributed by atoms with E-state index >= 15 is 4.79 Å². The Morgan fingerprint density at radius 2 is 1.60 bits per heavy atom. The second-order valence-electron chi connectivity index (χ2n) is 19.4. The lowest BCUT2D eigenvalue weighted by atomic mass is 9.47. The van der Waals surface area contributed by atoms with Gasteiger partial charge in [-0.2, -0.15) is 0 Å². The molecule has 1 spiro atoms. The third kappa shape index (κ3) is 7.44. The number of carboxylic acids is 1. The summed E-state index contributed by atoms with van der Waals surface area (Å²) in [5, 5.41) is 56.1. The predicted octanol–water partition coefficient (Wildman–Crippen LogP) is 6.75. The third-order valence-electron chi connectivity index (χ3n) is 15.2. The fraction of sp³-hybridized carbons (Fsp3) is 0.592. The molecule has 0 amide bonds. The first-order valence-electron chi connectivity index (χ1n) is 22.0. The van der Waals surface area contributed by atoms with Gasteiger partial charge in [0.2, 0.25) is 5.78 Å². The smallest absolute Gasteiger partial charge is 0.346 e. The van der Waals surface area contributed by atoms with Crippen LogP contribution in [0.2, 0.25) is 0 Å². The number of rotatable bonds is 6. The molecular weight excluding hydrogens is 813 g/mol. The number of esters is 2. The second-order valence-corrected chi connectivity index (χ2v) is 19.4. The van der Waals surface area contributed by atoms with Gasteiger partial charge in [-0.3, -0.25) is 4.79 Å². The van der Waals surface area contributed by atoms with Gasteiger partial charge in [-0.15, -0.1) is 0 Å². The summed E-state index contributed by atoms with van der Waals surface area (Å²) in [6.45, 7) is 16.5. The molecule has 4 aliphatic carbocycles. The quantitative estimate of drug-likeness (QED) is 0.114. The van der Waals surface area contributed by atoms with Crippen LogP contribution < -0.4 is 4.74 Å². The third-order valence-corrected chi connectivity index (χ3v) is 15.2. The molecule has 1 saturated carbocycles. The second kappa shape index (κ2) is 16.7. The van der Waals surface area contributed by atoms with E-state index in [2.05, 4.69) is 13.0 Å². The van der Waals surface area contributed by atoms with Crippen LogP contribution in [0.1, 0.15) is 103 Å². The first-order valence-corrected chi connectivity index (χ1v) is 22.0. The monoisotopic (exact) mass is 874 g/mol. The van der Waals surface area contributed by atoms with E-state index in [1.54, 1.807) is 27.7 Å². The van der Waals surface area contributed by atoms with Crippen LogP contribution >= 0.6 is 0 Å². The molecule has 2 bridgehead atoms. The molecular formula is C49H62O14. The number of carbonyl (C=O) groups is 4. The Bertz CT molecular complexity index is 2250. The van der Waals surface area contributed by atoms with Gasteiger partial charge >= 0.3 is 17.9 Å². The summed E-state index contributed by atoms with van der Waals surface area (Å²) in [4.78, 5) is 55.4. The molecule has 6 aliphatic rings. The molecule has 342 valence electrons. The highest BCUT2D eigenvalue weighted by molar-refractivity contribution is 6.26. The van der Waals surface area contributed by atoms with E-state index in [-0.39, 0.29) is 52.6 Å². The van der Waals surface area contributed by atoms with Gasteiger partial charge in [-0.1, -0.05) is 61.8 Å². The van der Waals surface area contributed by atoms with E-state index in [1.807, 2.05) is 39.8 Å². The molecule has 0 aromatic heterocycles. The zero-order chi connectivity index (χ0) is 46.2. The molecule has 14 nitrogen and oxygen atoms in total. The number of carboxylic acid groups (broad SMARTS) is 1. The maximum atomic E-state index is 15.2. The first kappa shape index (κ1) is 46.2. The van der Waals surface area contributed by atoms with E-state index in [1.165, 1.54) is 25.3 Å². The number of aliphatic carboxylic acids is 1. The lowest BCUT2D eigenvalue weighted by Crippen LogP contribution is -2.60. The molecule has 2 aliphatic heterocycles. The fourth-order valence-corrected chi connectivity index (χ4v) is 12.4. The largest absolute Gasteiger partial charge is 0.511 e. The minimum absolute atomic E-state index is 0.0442. The van der Waals surface area contributed by atoms with Gasteiger partial charge in [0.05, 0.1) is 24.7 Å². The van der Waals surface area contributed by atoms with Crippen molar-refractivity contribution in [2.45, 2.75) is 137 Å². The summed E-state index contributed by atoms with van der Waals surface area (Å²) >= 11 is 0. The number of hydrogen-bond donors (Lipinski definition) is 5. The van der Waals surface area contributed by atoms with Gasteiger partial charge in [-0.05, 0) is 108 Å². The number of aryl methyl sites for hydroxylation is 1. The van der Waals surface area contributed by atoms with Crippen LogP contribution in [0, 0.1) is 47.3 Å². The number of methoxy groups -OCH3 is 1. The lowest BCUT2D eigenvalue weighted by Gasteiger charge is -2.57. The van der Waals surface area contributed by atoms with Crippen molar-refractivity contribution in [2.24, 2.45) is 40.4 Å². The lowest BCUT2D eigenvalue weighted by molar-refractivity contribution is -0.310. The Balaban J connectivity index is 1.24. The van der Waals surface area contributed by atoms with Crippen molar-refractivity contribution in [1.82, 2.24) is 0 Å². The first-order chi connectivity index (χ1) is 29.5. The van der Waals surface area contributed by atoms with Crippen molar-refractivity contribution < 1.29 is 68.4 Å². The van der Waals surface area contributed by atoms with E-state index in [9.17, 15) is 39.9 Å². The summed E-state index contributed by atoms with van der Waals surface area (Å²) in [6, 6.07) is 2.65. The van der Waals surface area contributed by atoms with Crippen molar-refractivity contribution in [3.63, 3.8) is 0 Å². The predicted molar refractivity (Wildman–Crippen MR) is 228 cm³/mol. The van der Waals surface area contributed by atoms with Gasteiger partial charge in [0.1, 0.15) is 40.6 Å². The van der Waals surface area contributed by atoms with Gasteiger partial charge in [-0.25, -0.2) is 14.4 Å². The van der Waals surface area contributed by atoms with Gasteiger partial charge in [0.25, 0.3) is 0 Å². The zero-order valence-electron chi connectivity index (χ0n) is 37.8. The molecule has 14 unspecified atom stereocenters. The van der Waals surface area contributed by atoms with Crippen molar-refractivity contribution in [2.75, 3.05) is 7.11 Å². The molecule has 7 rings (SSSR count). The summed E-state index contributed by atoms with van der Waals surface area (Å²) in [7, 11) is 1.34. The number of Topliss-reactive ketones (excluding diaryl/α,β-unsaturated/α-hetero) is 1. The number of phenols is 1. The molecule has 2 saturated heterocycles. The van der Waals surface area contributed by atoms with Gasteiger partial charge in [0.15, 0.2) is 18.0 Å². The number of fused-ring (bicyclic) bond motifs is 4. The Morgan fingerprint density at radius 1 is 0.921 bits per heavy atom. The Morgan fingerprint density at radius 3 is 2.27 bits per heavy atom. The van der Waals surface area contributed by atoms with Crippen molar-refractivity contribution in [3.05, 3.63) is 81.2 Å². The van der Waals surface area contributed by atoms with Crippen LogP contribution in [0.4, 0.5) is 0 Å². The van der Waals surface area contributed by atoms with Crippen LogP contribution in [0.5, 0.6) is 11.5 Å². The van der Waals surface area contributed by atoms with Crippen molar-refractivity contribution in [3.8, 4) is 11.5 Å². The number of benzene rings is 1. The summed E-state index contributed by atoms with van der Waals surface area (Å²) in [5.41, 5.74) is -1.48. The Labute approximate surface area is 368 Å². The average molecular weight is 875 g/mol. The number of aromatic hydroxyl groups is 1. The van der Waals surface area contributed by atoms with Crippen molar-refractivity contribution >= 4 is 23.7 Å². The maximum Gasteiger partial charge on any atom is 0.346 e. The number of hydrogen-bond acceptors (Lipinski definition) is 13. The summed E-state index contributed by atoms with van der Waals surface area (Å²) < 4.78 is 30.1. The van der Waals surface area contributed by atoms with Gasteiger partial charge < -0.3 is 49.2 Å². The number of carbonyl (C=O) groups excluding carboxylic acids is 3. The van der Waals surface area contributed by atoms with Crippen LogP contribution in [0.15, 0.2) is 70.1 Å². The summed E-state index contributed by atoms with van der Waals surface area (Å²) in [5.74, 6) is -5.96. The molecule has 3 fully saturated rings. The highest BCUT2D eigenvalue weighted by Crippen LogP contribution is 2.63. The highest BCUT2D eigenvalue weighted by Gasteiger charge is 2.67. The van der Waals surface area contributed by atoms with Crippen LogP contribution in [-0.4, -0.2) is 98.7 Å². The number of allylic oxidation sites excluding steroid dienone is 5. The number of ketones is 1. The average Bonchev–Trinajstić information content (AvgIpc) is 3.45. The zero-order valence-corrected chi connectivity index (χ0v) is 37.8. The minimum Gasteiger partial charge on any atom is -0.511 e. The molecule has 5 N–H and O–H groups in total. The standard InChI is InChI=1S/C49H62O14/c1-22-12-11-13-23(2)36-26(5)17-30-32(61-46-39(52)38(51)40(28(7)60-46)62-44(57)34-25(4)16-29(50)18-33(34)59-10)15-14-24(3)37(30)48(36,9)41(53)35-42(54)49(63-45(35)58)20-27(6)31(43(55)56)21-47(49,8)19-22/h13-14,16,18-19,21,26-28,30,32,36-40,46,50-53H,11-12,15,17,20H2,1-10H3,(H,55,56)/b22-19+,23-13-,41-35?. The molecule has 1 aromatic carbocycles. The maximum absolute atomic E-state index is 15.2. The topological polar surface area (TPSA) is 216 Å². The van der Waals surface area contributed by atoms with E-state index in [4.69, 9.17) is 23.7 Å². The van der Waals surface area contributed by atoms with E-state index in [0.717, 1.165) is 16.7 Å². The molecule has 0 radical (unpaired) electrons. The van der Waals surface area contributed by atoms with E-state index < -0.39 is 94.3 Å². The molecule has 14 heteroatoms. The fourth-order valence-electron chi connectivity index (χ4n) is 12.4. The molecule has 14 atom stereocenters. The highest BCUT2D eigenvalue weighted by atomic mass is 16.7. The van der Waals surface area contributed by atoms with Crippen LogP contribution in [-0.2, 0) is 33.3 Å². The minimum atomic E-state index is -1.80. The Hall–Kier alpha value is -4.76. The van der Waals surface area contributed by atoms with Crippen LogP contribution in [0.25, 0.3) is 0 Å². The SMILES string of the molecule is COc1cc(O)cc(C)c1C(=O)OC1C(C)OC(OC2CC=C(C)C3C2CC(C)C2/C(C)=C\CC/C(C)=C/C4(C)C=C(C(=O)O)C(C)CC45OC(=O)C(=C(O)C32C)C5=O)C(O)C1O. The number of ether oxygens (including phenoxy) is 5. The molecule has 2 heterocycles. The molecule has 1 aromatic rings.